The van der Waals surface area contributed by atoms with Crippen molar-refractivity contribution < 1.29 is 4.92 Å². The van der Waals surface area contributed by atoms with Crippen LogP contribution in [0.15, 0.2) is 17.0 Å². The molecule has 1 N–H and O–H groups in total. The maximum Gasteiger partial charge on any atom is 0.324 e. The molecule has 94 valence electrons. The highest BCUT2D eigenvalue weighted by Gasteiger charge is 2.10. The molecule has 5 heteroatoms. The van der Waals surface area contributed by atoms with Crippen molar-refractivity contribution in [3.8, 4) is 0 Å². The topological polar surface area (TPSA) is 55.2 Å². The fourth-order valence-electron chi connectivity index (χ4n) is 1.25. The van der Waals surface area contributed by atoms with Gasteiger partial charge in [-0.15, -0.1) is 0 Å². The van der Waals surface area contributed by atoms with Gasteiger partial charge in [0.15, 0.2) is 0 Å². The molecule has 0 radical (unpaired) electrons. The standard InChI is InChI=1S/C12H18N2O2S/c1-9(7-13-12(2,3)4)5-10-6-11(14(15)16)17-8-10/h5-6,8,13H,7H2,1-4H3. The number of nitrogens with one attached hydrogen (secondary N) is 1. The highest BCUT2D eigenvalue weighted by Crippen LogP contribution is 2.24. The Hall–Kier alpha value is -1.20. The molecule has 1 aromatic heterocycles. The summed E-state index contributed by atoms with van der Waals surface area (Å²) in [7, 11) is 0. The molecule has 1 rings (SSSR count). The van der Waals surface area contributed by atoms with Crippen LogP contribution in [-0.4, -0.2) is 17.0 Å². The number of nitro groups is 1. The first kappa shape index (κ1) is 13.9. The molecule has 0 amide bonds. The average molecular weight is 254 g/mol. The van der Waals surface area contributed by atoms with Gasteiger partial charge in [-0.3, -0.25) is 10.1 Å². The van der Waals surface area contributed by atoms with Gasteiger partial charge >= 0.3 is 5.00 Å². The first-order valence-corrected chi connectivity index (χ1v) is 6.31. The van der Waals surface area contributed by atoms with E-state index >= 15 is 0 Å². The summed E-state index contributed by atoms with van der Waals surface area (Å²) >= 11 is 1.16. The lowest BCUT2D eigenvalue weighted by atomic mass is 10.1. The maximum absolute atomic E-state index is 10.5. The maximum atomic E-state index is 10.5. The van der Waals surface area contributed by atoms with Gasteiger partial charge in [0.1, 0.15) is 0 Å². The molecule has 0 fully saturated rings. The lowest BCUT2D eigenvalue weighted by molar-refractivity contribution is -0.380. The minimum absolute atomic E-state index is 0.0791. The van der Waals surface area contributed by atoms with E-state index in [2.05, 4.69) is 26.1 Å². The Labute approximate surface area is 106 Å². The zero-order valence-electron chi connectivity index (χ0n) is 10.6. The summed E-state index contributed by atoms with van der Waals surface area (Å²) in [5.41, 5.74) is 2.14. The van der Waals surface area contributed by atoms with Crippen molar-refractivity contribution in [3.63, 3.8) is 0 Å². The van der Waals surface area contributed by atoms with Crippen molar-refractivity contribution in [2.75, 3.05) is 6.54 Å². The monoisotopic (exact) mass is 254 g/mol. The van der Waals surface area contributed by atoms with Gasteiger partial charge in [-0.1, -0.05) is 23.0 Å². The normalized spacial score (nSPS) is 12.8. The Morgan fingerprint density at radius 1 is 1.59 bits per heavy atom. The van der Waals surface area contributed by atoms with Gasteiger partial charge in [0.25, 0.3) is 0 Å². The van der Waals surface area contributed by atoms with E-state index in [0.29, 0.717) is 0 Å². The third-order valence-electron chi connectivity index (χ3n) is 2.10. The quantitative estimate of drug-likeness (QED) is 0.661. The molecule has 0 atom stereocenters. The fraction of sp³-hybridized carbons (Fsp3) is 0.500. The third-order valence-corrected chi connectivity index (χ3v) is 2.99. The van der Waals surface area contributed by atoms with Gasteiger partial charge in [-0.2, -0.15) is 0 Å². The summed E-state index contributed by atoms with van der Waals surface area (Å²) in [6.45, 7) is 9.12. The smallest absolute Gasteiger partial charge is 0.308 e. The van der Waals surface area contributed by atoms with Crippen LogP contribution >= 0.6 is 11.3 Å². The van der Waals surface area contributed by atoms with Gasteiger partial charge in [-0.05, 0) is 33.3 Å². The van der Waals surface area contributed by atoms with Crippen LogP contribution in [0.25, 0.3) is 6.08 Å². The molecular formula is C12H18N2O2S. The first-order valence-electron chi connectivity index (χ1n) is 5.43. The summed E-state index contributed by atoms with van der Waals surface area (Å²) in [5, 5.41) is 15.9. The number of thiophene rings is 1. The van der Waals surface area contributed by atoms with Crippen LogP contribution in [0.1, 0.15) is 33.3 Å². The van der Waals surface area contributed by atoms with Crippen molar-refractivity contribution in [1.82, 2.24) is 5.32 Å². The van der Waals surface area contributed by atoms with Crippen molar-refractivity contribution >= 4 is 22.4 Å². The Bertz CT molecular complexity index is 430. The minimum atomic E-state index is -0.356. The second-order valence-corrected chi connectivity index (χ2v) is 5.96. The minimum Gasteiger partial charge on any atom is -0.308 e. The Morgan fingerprint density at radius 3 is 2.71 bits per heavy atom. The summed E-state index contributed by atoms with van der Waals surface area (Å²) in [5.74, 6) is 0. The van der Waals surface area contributed by atoms with Crippen LogP contribution in [0, 0.1) is 10.1 Å². The lowest BCUT2D eigenvalue weighted by Crippen LogP contribution is -2.36. The lowest BCUT2D eigenvalue weighted by Gasteiger charge is -2.20. The van der Waals surface area contributed by atoms with Gasteiger partial charge < -0.3 is 5.32 Å². The summed E-state index contributed by atoms with van der Waals surface area (Å²) < 4.78 is 0. The molecule has 0 bridgehead atoms. The predicted molar refractivity (Wildman–Crippen MR) is 72.4 cm³/mol. The van der Waals surface area contributed by atoms with E-state index in [9.17, 15) is 10.1 Å². The highest BCUT2D eigenvalue weighted by molar-refractivity contribution is 7.13. The molecule has 0 aliphatic heterocycles. The Kier molecular flexibility index (Phi) is 4.42. The zero-order valence-corrected chi connectivity index (χ0v) is 11.4. The van der Waals surface area contributed by atoms with E-state index in [-0.39, 0.29) is 15.5 Å². The van der Waals surface area contributed by atoms with Crippen LogP contribution in [0.5, 0.6) is 0 Å². The van der Waals surface area contributed by atoms with Crippen molar-refractivity contribution in [3.05, 3.63) is 32.7 Å². The van der Waals surface area contributed by atoms with E-state index in [0.717, 1.165) is 29.0 Å². The van der Waals surface area contributed by atoms with Crippen molar-refractivity contribution in [2.24, 2.45) is 0 Å². The molecule has 0 saturated carbocycles. The summed E-state index contributed by atoms with van der Waals surface area (Å²) in [4.78, 5) is 10.2. The van der Waals surface area contributed by atoms with E-state index in [4.69, 9.17) is 0 Å². The van der Waals surface area contributed by atoms with Crippen molar-refractivity contribution in [2.45, 2.75) is 33.2 Å². The van der Waals surface area contributed by atoms with E-state index in [1.807, 2.05) is 13.0 Å². The first-order chi connectivity index (χ1) is 7.78. The van der Waals surface area contributed by atoms with Crippen LogP contribution in [0.3, 0.4) is 0 Å². The predicted octanol–water partition coefficient (Wildman–Crippen LogP) is 3.45. The van der Waals surface area contributed by atoms with E-state index in [1.54, 1.807) is 11.4 Å². The zero-order chi connectivity index (χ0) is 13.1. The average Bonchev–Trinajstić information content (AvgIpc) is 2.62. The van der Waals surface area contributed by atoms with Gasteiger partial charge in [-0.25, -0.2) is 0 Å². The molecular weight excluding hydrogens is 236 g/mol. The Balaban J connectivity index is 2.64. The fourth-order valence-corrected chi connectivity index (χ4v) is 1.93. The van der Waals surface area contributed by atoms with Crippen LogP contribution in [0.2, 0.25) is 0 Å². The molecule has 0 saturated heterocycles. The molecule has 0 spiro atoms. The molecule has 4 nitrogen and oxygen atoms in total. The van der Waals surface area contributed by atoms with Crippen molar-refractivity contribution in [1.29, 1.82) is 0 Å². The number of hydrogen-bond acceptors (Lipinski definition) is 4. The summed E-state index contributed by atoms with van der Waals surface area (Å²) in [6.07, 6.45) is 1.97. The SMILES string of the molecule is CC(=Cc1csc([N+](=O)[O-])c1)CNC(C)(C)C. The van der Waals surface area contributed by atoms with Gasteiger partial charge in [0, 0.05) is 23.5 Å². The van der Waals surface area contributed by atoms with E-state index in [1.165, 1.54) is 0 Å². The summed E-state index contributed by atoms with van der Waals surface area (Å²) in [6, 6.07) is 1.60. The molecule has 1 aromatic rings. The molecule has 0 aromatic carbocycles. The molecule has 1 heterocycles. The number of nitrogens with zero attached hydrogens (tertiary/aromatic N) is 1. The largest absolute Gasteiger partial charge is 0.324 e. The van der Waals surface area contributed by atoms with Gasteiger partial charge in [0.2, 0.25) is 0 Å². The molecule has 17 heavy (non-hydrogen) atoms. The second-order valence-electron chi connectivity index (χ2n) is 5.07. The Morgan fingerprint density at radius 2 is 2.24 bits per heavy atom. The second kappa shape index (κ2) is 5.42. The van der Waals surface area contributed by atoms with Gasteiger partial charge in [0.05, 0.1) is 4.92 Å². The third kappa shape index (κ3) is 5.10. The van der Waals surface area contributed by atoms with E-state index < -0.39 is 0 Å². The molecule has 0 unspecified atom stereocenters. The van der Waals surface area contributed by atoms with Crippen LogP contribution in [-0.2, 0) is 0 Å². The number of hydrogen-bond donors (Lipinski definition) is 1. The van der Waals surface area contributed by atoms with Crippen LogP contribution in [0.4, 0.5) is 5.00 Å². The molecule has 0 aliphatic carbocycles. The molecule has 0 aliphatic rings. The number of rotatable bonds is 4. The highest BCUT2D eigenvalue weighted by atomic mass is 32.1. The van der Waals surface area contributed by atoms with Crippen LogP contribution < -0.4 is 5.32 Å².